The summed E-state index contributed by atoms with van der Waals surface area (Å²) in [5.74, 6) is 0. The Morgan fingerprint density at radius 1 is 0.395 bits per heavy atom. The van der Waals surface area contributed by atoms with Crippen LogP contribution in [0.3, 0.4) is 0 Å². The van der Waals surface area contributed by atoms with Gasteiger partial charge in [-0.05, 0) is 82.9 Å². The zero-order valence-electron chi connectivity index (χ0n) is 22.4. The number of nitrogens with zero attached hydrogens (tertiary/aromatic N) is 2. The maximum absolute atomic E-state index is 2.51. The Hall–Kier alpha value is -4.04. The van der Waals surface area contributed by atoms with Crippen molar-refractivity contribution < 1.29 is 0 Å². The van der Waals surface area contributed by atoms with Crippen molar-refractivity contribution in [2.75, 3.05) is 0 Å². The third-order valence-corrected chi connectivity index (χ3v) is 8.23. The monoisotopic (exact) mass is 494 g/mol. The van der Waals surface area contributed by atoms with Crippen molar-refractivity contribution in [1.29, 1.82) is 0 Å². The molecule has 0 spiro atoms. The second kappa shape index (κ2) is 9.36. The summed E-state index contributed by atoms with van der Waals surface area (Å²) in [6.45, 7) is 6.65. The molecule has 0 fully saturated rings. The van der Waals surface area contributed by atoms with Crippen LogP contribution in [0.4, 0.5) is 0 Å². The van der Waals surface area contributed by atoms with Gasteiger partial charge in [0, 0.05) is 56.7 Å². The quantitative estimate of drug-likeness (QED) is 0.218. The lowest BCUT2D eigenvalue weighted by Gasteiger charge is -2.06. The second-order valence-electron chi connectivity index (χ2n) is 10.8. The minimum absolute atomic E-state index is 1.06. The number of aryl methyl sites for hydroxylation is 2. The first-order valence-electron chi connectivity index (χ1n) is 14.2. The fourth-order valence-electron chi connectivity index (χ4n) is 6.19. The zero-order valence-corrected chi connectivity index (χ0v) is 22.4. The molecule has 5 aromatic carbocycles. The summed E-state index contributed by atoms with van der Waals surface area (Å²) in [5.41, 5.74) is 5.33. The molecule has 7 aromatic rings. The van der Waals surface area contributed by atoms with E-state index in [4.69, 9.17) is 0 Å². The highest BCUT2D eigenvalue weighted by Gasteiger charge is 2.12. The van der Waals surface area contributed by atoms with Gasteiger partial charge < -0.3 is 9.13 Å². The number of hydrogen-bond donors (Lipinski definition) is 0. The molecule has 0 saturated carbocycles. The highest BCUT2D eigenvalue weighted by molar-refractivity contribution is 6.12. The standard InChI is InChI=1S/C36H34N2/c1-3-5-19-37-33-15-11-25-7-9-27-13-17-35-31(23-27)32-24-28(14-18-36(32)38(35)20-6-4-2)10-8-26-12-16-34(37)30(22-26)29(33)21-25/h7-18,21-24H,3-6,19-20H2,1-2H3. The largest absolute Gasteiger partial charge is 0.340 e. The number of fused-ring (bicyclic) bond motifs is 4. The number of benzene rings is 4. The lowest BCUT2D eigenvalue weighted by atomic mass is 10.1. The van der Waals surface area contributed by atoms with Crippen LogP contribution in [-0.4, -0.2) is 9.13 Å². The first kappa shape index (κ1) is 23.1. The summed E-state index contributed by atoms with van der Waals surface area (Å²) < 4.78 is 5.02. The van der Waals surface area contributed by atoms with Crippen LogP contribution >= 0.6 is 0 Å². The van der Waals surface area contributed by atoms with Crippen molar-refractivity contribution in [3.8, 4) is 0 Å². The Kier molecular flexibility index (Phi) is 5.69. The van der Waals surface area contributed by atoms with Gasteiger partial charge in [0.05, 0.1) is 0 Å². The molecule has 0 radical (unpaired) electrons. The summed E-state index contributed by atoms with van der Waals surface area (Å²) in [5, 5.41) is 10.3. The molecule has 0 N–H and O–H groups in total. The molecule has 0 saturated heterocycles. The van der Waals surface area contributed by atoms with Gasteiger partial charge in [0.15, 0.2) is 0 Å². The van der Waals surface area contributed by atoms with Gasteiger partial charge >= 0.3 is 0 Å². The highest BCUT2D eigenvalue weighted by atomic mass is 15.0. The smallest absolute Gasteiger partial charge is 0.0491 e. The van der Waals surface area contributed by atoms with E-state index in [0.717, 1.165) is 13.1 Å². The molecule has 2 nitrogen and oxygen atoms in total. The lowest BCUT2D eigenvalue weighted by Crippen LogP contribution is -1.96. The van der Waals surface area contributed by atoms with Gasteiger partial charge in [-0.25, -0.2) is 0 Å². The van der Waals surface area contributed by atoms with Gasteiger partial charge in [-0.15, -0.1) is 0 Å². The van der Waals surface area contributed by atoms with Crippen LogP contribution < -0.4 is 0 Å². The van der Waals surface area contributed by atoms with Gasteiger partial charge in [-0.3, -0.25) is 0 Å². The maximum Gasteiger partial charge on any atom is 0.0491 e. The van der Waals surface area contributed by atoms with Crippen molar-refractivity contribution in [2.24, 2.45) is 0 Å². The predicted molar refractivity (Wildman–Crippen MR) is 166 cm³/mol. The Morgan fingerprint density at radius 2 is 0.658 bits per heavy atom. The predicted octanol–water partition coefficient (Wildman–Crippen LogP) is 10.4. The summed E-state index contributed by atoms with van der Waals surface area (Å²) in [4.78, 5) is 0. The van der Waals surface area contributed by atoms with Gasteiger partial charge in [0.25, 0.3) is 0 Å². The van der Waals surface area contributed by atoms with Crippen molar-refractivity contribution in [3.63, 3.8) is 0 Å². The summed E-state index contributed by atoms with van der Waals surface area (Å²) >= 11 is 0. The normalized spacial score (nSPS) is 12.1. The summed E-state index contributed by atoms with van der Waals surface area (Å²) in [6.07, 6.45) is 4.77. The van der Waals surface area contributed by atoms with E-state index in [1.807, 2.05) is 0 Å². The Morgan fingerprint density at radius 3 is 0.921 bits per heavy atom. The fraction of sp³-hybridized carbons (Fsp3) is 0.222. The number of unbranched alkanes of at least 4 members (excludes halogenated alkanes) is 2. The van der Waals surface area contributed by atoms with Crippen LogP contribution in [0, 0.1) is 0 Å². The molecule has 0 atom stereocenters. The zero-order chi connectivity index (χ0) is 25.6. The molecule has 188 valence electrons. The fourth-order valence-corrected chi connectivity index (χ4v) is 6.19. The minimum Gasteiger partial charge on any atom is -0.340 e. The topological polar surface area (TPSA) is 9.86 Å². The number of aromatic nitrogens is 2. The average Bonchev–Trinajstić information content (AvgIpc) is 3.43. The molecule has 2 heteroatoms. The SMILES string of the molecule is CCCCn1c2ccc3ccc4ccc5c(c4)c4cc(ccc6ccc1c(c6)c2c3)ccc4n5CCCC. The molecule has 0 aliphatic carbocycles. The molecule has 7 rings (SSSR count). The van der Waals surface area contributed by atoms with Gasteiger partial charge in [-0.2, -0.15) is 0 Å². The molecule has 2 heterocycles. The Labute approximate surface area is 223 Å². The van der Waals surface area contributed by atoms with E-state index in [1.54, 1.807) is 0 Å². The van der Waals surface area contributed by atoms with E-state index in [9.17, 15) is 0 Å². The van der Waals surface area contributed by atoms with E-state index in [-0.39, 0.29) is 0 Å². The van der Waals surface area contributed by atoms with E-state index in [2.05, 4.69) is 120 Å². The lowest BCUT2D eigenvalue weighted by molar-refractivity contribution is 0.665. The number of hydrogen-bond acceptors (Lipinski definition) is 0. The average molecular weight is 495 g/mol. The first-order valence-corrected chi connectivity index (χ1v) is 14.2. The van der Waals surface area contributed by atoms with Gasteiger partial charge in [-0.1, -0.05) is 75.2 Å². The van der Waals surface area contributed by atoms with Gasteiger partial charge in [0.1, 0.15) is 0 Å². The molecule has 2 aromatic heterocycles. The molecule has 0 aliphatic heterocycles. The van der Waals surface area contributed by atoms with Crippen LogP contribution in [0.5, 0.6) is 0 Å². The molecule has 0 aliphatic rings. The Bertz CT molecular complexity index is 1720. The summed E-state index contributed by atoms with van der Waals surface area (Å²) in [6, 6.07) is 36.9. The molecular weight excluding hydrogens is 460 g/mol. The Balaban J connectivity index is 1.57. The van der Waals surface area contributed by atoms with Crippen molar-refractivity contribution in [2.45, 2.75) is 52.6 Å². The molecular formula is C36H34N2. The highest BCUT2D eigenvalue weighted by Crippen LogP contribution is 2.33. The van der Waals surface area contributed by atoms with Crippen LogP contribution in [0.15, 0.2) is 97.1 Å². The van der Waals surface area contributed by atoms with Crippen molar-refractivity contribution >= 4 is 65.2 Å². The van der Waals surface area contributed by atoms with Crippen LogP contribution in [0.25, 0.3) is 65.2 Å². The third-order valence-electron chi connectivity index (χ3n) is 8.23. The maximum atomic E-state index is 2.51. The van der Waals surface area contributed by atoms with Crippen molar-refractivity contribution in [1.82, 2.24) is 9.13 Å². The van der Waals surface area contributed by atoms with Crippen molar-refractivity contribution in [3.05, 3.63) is 97.1 Å². The molecule has 8 bridgehead atoms. The molecule has 38 heavy (non-hydrogen) atoms. The van der Waals surface area contributed by atoms with E-state index >= 15 is 0 Å². The van der Waals surface area contributed by atoms with E-state index < -0.39 is 0 Å². The molecule has 0 unspecified atom stereocenters. The minimum atomic E-state index is 1.06. The number of rotatable bonds is 6. The van der Waals surface area contributed by atoms with Gasteiger partial charge in [0.2, 0.25) is 0 Å². The van der Waals surface area contributed by atoms with E-state index in [1.165, 1.54) is 90.8 Å². The summed E-state index contributed by atoms with van der Waals surface area (Å²) in [7, 11) is 0. The van der Waals surface area contributed by atoms with Crippen LogP contribution in [0.1, 0.15) is 39.5 Å². The van der Waals surface area contributed by atoms with Crippen LogP contribution in [0.2, 0.25) is 0 Å². The first-order chi connectivity index (χ1) is 18.7. The molecule has 0 amide bonds. The van der Waals surface area contributed by atoms with Crippen LogP contribution in [-0.2, 0) is 13.1 Å². The second-order valence-corrected chi connectivity index (χ2v) is 10.8. The third kappa shape index (κ3) is 3.79. The van der Waals surface area contributed by atoms with E-state index in [0.29, 0.717) is 0 Å².